The molecule has 0 saturated carbocycles. The van der Waals surface area contributed by atoms with Crippen LogP contribution in [0.5, 0.6) is 0 Å². The Hall–Kier alpha value is -1.69. The van der Waals surface area contributed by atoms with E-state index in [-0.39, 0.29) is 17.0 Å². The van der Waals surface area contributed by atoms with E-state index >= 15 is 0 Å². The molecule has 0 radical (unpaired) electrons. The maximum absolute atomic E-state index is 12.6. The first-order valence-corrected chi connectivity index (χ1v) is 10.5. The molecule has 9 heteroatoms. The summed E-state index contributed by atoms with van der Waals surface area (Å²) in [6.45, 7) is 0. The summed E-state index contributed by atoms with van der Waals surface area (Å²) in [5.74, 6) is -0.467. The average Bonchev–Trinajstić information content (AvgIpc) is 2.67. The van der Waals surface area contributed by atoms with Crippen LogP contribution in [-0.4, -0.2) is 21.8 Å². The van der Waals surface area contributed by atoms with Gasteiger partial charge >= 0.3 is 6.09 Å². The van der Waals surface area contributed by atoms with Crippen molar-refractivity contribution in [3.8, 4) is 0 Å². The number of fused-ring (bicyclic) bond motifs is 1. The number of ether oxygens (including phenoxy) is 1. The third kappa shape index (κ3) is 5.71. The van der Waals surface area contributed by atoms with Crippen LogP contribution in [0.25, 0.3) is 10.8 Å². The van der Waals surface area contributed by atoms with E-state index in [0.29, 0.717) is 10.7 Å². The number of halogens is 5. The van der Waals surface area contributed by atoms with Gasteiger partial charge in [-0.25, -0.2) is 4.79 Å². The van der Waals surface area contributed by atoms with Crippen molar-refractivity contribution in [2.24, 2.45) is 0 Å². The lowest BCUT2D eigenvalue weighted by Crippen LogP contribution is -2.35. The Labute approximate surface area is 197 Å². The molecule has 0 aliphatic heterocycles. The molecular formula is C21H14Cl5NO3. The van der Waals surface area contributed by atoms with E-state index in [1.54, 1.807) is 12.1 Å². The van der Waals surface area contributed by atoms with Crippen LogP contribution in [0.4, 0.5) is 10.5 Å². The molecule has 0 heterocycles. The predicted octanol–water partition coefficient (Wildman–Crippen LogP) is 7.71. The van der Waals surface area contributed by atoms with Gasteiger partial charge in [-0.15, -0.1) is 0 Å². The van der Waals surface area contributed by atoms with Gasteiger partial charge in [0, 0.05) is 16.0 Å². The molecule has 156 valence electrons. The molecule has 0 aliphatic carbocycles. The maximum atomic E-state index is 12.6. The van der Waals surface area contributed by atoms with Crippen molar-refractivity contribution >= 4 is 86.3 Å². The van der Waals surface area contributed by atoms with Gasteiger partial charge in [0.05, 0.1) is 17.1 Å². The lowest BCUT2D eigenvalue weighted by atomic mass is 10.1. The zero-order valence-corrected chi connectivity index (χ0v) is 19.0. The predicted molar refractivity (Wildman–Crippen MR) is 124 cm³/mol. The smallest absolute Gasteiger partial charge is 0.412 e. The number of anilines is 1. The molecule has 0 spiro atoms. The van der Waals surface area contributed by atoms with Crippen molar-refractivity contribution < 1.29 is 14.3 Å². The molecule has 0 aliphatic rings. The van der Waals surface area contributed by atoms with Gasteiger partial charge in [-0.05, 0) is 29.7 Å². The largest absolute Gasteiger partial charge is 0.441 e. The van der Waals surface area contributed by atoms with Gasteiger partial charge in [0.2, 0.25) is 3.79 Å². The Bertz CT molecular complexity index is 1090. The van der Waals surface area contributed by atoms with E-state index in [9.17, 15) is 9.59 Å². The molecule has 1 N–H and O–H groups in total. The summed E-state index contributed by atoms with van der Waals surface area (Å²) in [5, 5.41) is 4.89. The lowest BCUT2D eigenvalue weighted by molar-refractivity contribution is 0.0813. The second-order valence-corrected chi connectivity index (χ2v) is 9.55. The van der Waals surface area contributed by atoms with Crippen LogP contribution < -0.4 is 5.32 Å². The number of alkyl halides is 3. The molecule has 1 amide bonds. The van der Waals surface area contributed by atoms with Crippen LogP contribution in [0.1, 0.15) is 16.8 Å². The van der Waals surface area contributed by atoms with Gasteiger partial charge < -0.3 is 4.74 Å². The topological polar surface area (TPSA) is 55.4 Å². The number of carbonyl (C=O) groups excluding carboxylic acids is 2. The van der Waals surface area contributed by atoms with Crippen LogP contribution >= 0.6 is 58.0 Å². The maximum Gasteiger partial charge on any atom is 0.412 e. The number of Topliss-reactive ketones (excluding diaryl/α,β-unsaturated/α-hetero) is 1. The molecule has 0 bridgehead atoms. The minimum atomic E-state index is -2.04. The number of ketones is 1. The van der Waals surface area contributed by atoms with Crippen molar-refractivity contribution in [3.05, 3.63) is 76.3 Å². The van der Waals surface area contributed by atoms with Crippen LogP contribution in [-0.2, 0) is 4.74 Å². The van der Waals surface area contributed by atoms with E-state index in [0.717, 1.165) is 10.8 Å². The summed E-state index contributed by atoms with van der Waals surface area (Å²) in [7, 11) is 0. The summed E-state index contributed by atoms with van der Waals surface area (Å²) in [6, 6.07) is 17.3. The molecule has 0 saturated heterocycles. The number of amides is 1. The summed E-state index contributed by atoms with van der Waals surface area (Å²) in [5.41, 5.74) is 0.701. The molecule has 0 aromatic heterocycles. The molecule has 3 rings (SSSR count). The van der Waals surface area contributed by atoms with Crippen molar-refractivity contribution in [2.45, 2.75) is 16.3 Å². The van der Waals surface area contributed by atoms with Gasteiger partial charge in [-0.2, -0.15) is 0 Å². The number of hydrogen-bond donors (Lipinski definition) is 1. The summed E-state index contributed by atoms with van der Waals surface area (Å²) < 4.78 is 3.25. The number of carbonyl (C=O) groups is 2. The first-order valence-electron chi connectivity index (χ1n) is 8.65. The second kappa shape index (κ2) is 9.63. The standard InChI is InChI=1S/C21H14Cl5NO3/c22-13-8-9-15(16(23)10-13)18(28)11-19(21(24,25)26)30-20(29)27-17-7-3-5-12-4-1-2-6-14(12)17/h1-10,19H,11H2,(H,27,29)/t19-/m1/s1. The quantitative estimate of drug-likeness (QED) is 0.285. The second-order valence-electron chi connectivity index (χ2n) is 6.34. The molecule has 1 atom stereocenters. The normalized spacial score (nSPS) is 12.4. The van der Waals surface area contributed by atoms with E-state index < -0.39 is 21.8 Å². The first kappa shape index (κ1) is 23.0. The molecule has 3 aromatic carbocycles. The van der Waals surface area contributed by atoms with Crippen molar-refractivity contribution in [1.29, 1.82) is 0 Å². The van der Waals surface area contributed by atoms with Crippen molar-refractivity contribution in [1.82, 2.24) is 0 Å². The Morgan fingerprint density at radius 3 is 2.37 bits per heavy atom. The van der Waals surface area contributed by atoms with E-state index in [1.807, 2.05) is 30.3 Å². The molecule has 3 aromatic rings. The van der Waals surface area contributed by atoms with Gasteiger partial charge in [-0.1, -0.05) is 94.4 Å². The molecule has 0 fully saturated rings. The Balaban J connectivity index is 1.76. The summed E-state index contributed by atoms with van der Waals surface area (Å²) in [4.78, 5) is 25.1. The summed E-state index contributed by atoms with van der Waals surface area (Å²) in [6.07, 6.45) is -2.60. The molecule has 4 nitrogen and oxygen atoms in total. The lowest BCUT2D eigenvalue weighted by Gasteiger charge is -2.24. The van der Waals surface area contributed by atoms with E-state index in [2.05, 4.69) is 5.32 Å². The average molecular weight is 506 g/mol. The van der Waals surface area contributed by atoms with Gasteiger partial charge in [-0.3, -0.25) is 10.1 Å². The van der Waals surface area contributed by atoms with Gasteiger partial charge in [0.1, 0.15) is 0 Å². The fourth-order valence-corrected chi connectivity index (χ4v) is 3.70. The Morgan fingerprint density at radius 2 is 1.67 bits per heavy atom. The van der Waals surface area contributed by atoms with Crippen molar-refractivity contribution in [2.75, 3.05) is 5.32 Å². The number of hydrogen-bond acceptors (Lipinski definition) is 3. The van der Waals surface area contributed by atoms with Gasteiger partial charge in [0.25, 0.3) is 0 Å². The van der Waals surface area contributed by atoms with Crippen LogP contribution in [0.15, 0.2) is 60.7 Å². The van der Waals surface area contributed by atoms with E-state index in [4.69, 9.17) is 62.7 Å². The fraction of sp³-hybridized carbons (Fsp3) is 0.143. The third-order valence-electron chi connectivity index (χ3n) is 4.24. The highest BCUT2D eigenvalue weighted by molar-refractivity contribution is 6.68. The monoisotopic (exact) mass is 503 g/mol. The SMILES string of the molecule is O=C(Nc1cccc2ccccc12)O[C@H](CC(=O)c1ccc(Cl)cc1Cl)C(Cl)(Cl)Cl. The highest BCUT2D eigenvalue weighted by atomic mass is 35.6. The van der Waals surface area contributed by atoms with Crippen LogP contribution in [0.3, 0.4) is 0 Å². The highest BCUT2D eigenvalue weighted by Gasteiger charge is 2.38. The molecular weight excluding hydrogens is 492 g/mol. The van der Waals surface area contributed by atoms with Gasteiger partial charge in [0.15, 0.2) is 11.9 Å². The summed E-state index contributed by atoms with van der Waals surface area (Å²) >= 11 is 29.8. The highest BCUT2D eigenvalue weighted by Crippen LogP contribution is 2.36. The minimum absolute atomic E-state index is 0.149. The third-order valence-corrected chi connectivity index (χ3v) is 5.52. The number of benzene rings is 3. The zero-order valence-electron chi connectivity index (χ0n) is 15.2. The zero-order chi connectivity index (χ0) is 21.9. The van der Waals surface area contributed by atoms with Crippen LogP contribution in [0, 0.1) is 0 Å². The fourth-order valence-electron chi connectivity index (χ4n) is 2.82. The number of rotatable bonds is 5. The van der Waals surface area contributed by atoms with Crippen molar-refractivity contribution in [3.63, 3.8) is 0 Å². The number of nitrogens with one attached hydrogen (secondary N) is 1. The molecule has 0 unspecified atom stereocenters. The first-order chi connectivity index (χ1) is 14.1. The minimum Gasteiger partial charge on any atom is -0.441 e. The molecule has 30 heavy (non-hydrogen) atoms. The Kier molecular flexibility index (Phi) is 7.38. The Morgan fingerprint density at radius 1 is 0.967 bits per heavy atom. The van der Waals surface area contributed by atoms with Crippen LogP contribution in [0.2, 0.25) is 10.0 Å². The van der Waals surface area contributed by atoms with E-state index in [1.165, 1.54) is 18.2 Å².